The van der Waals surface area contributed by atoms with Crippen LogP contribution in [0.1, 0.15) is 19.3 Å². The first-order valence-electron chi connectivity index (χ1n) is 11.0. The Bertz CT molecular complexity index is 1420. The maximum absolute atomic E-state index is 14.3. The van der Waals surface area contributed by atoms with Crippen molar-refractivity contribution in [2.45, 2.75) is 19.3 Å². The van der Waals surface area contributed by atoms with Crippen molar-refractivity contribution in [2.24, 2.45) is 0 Å². The van der Waals surface area contributed by atoms with Gasteiger partial charge in [0.05, 0.1) is 28.8 Å². The molecule has 4 aromatic heterocycles. The topological polar surface area (TPSA) is 46.3 Å². The maximum Gasteiger partial charge on any atom is 0.137 e. The number of nitrogens with zero attached hydrogens (tertiary/aromatic N) is 5. The van der Waals surface area contributed by atoms with Crippen LogP contribution >= 0.6 is 0 Å². The summed E-state index contributed by atoms with van der Waals surface area (Å²) in [5.74, 6) is -0.217. The Morgan fingerprint density at radius 2 is 1.78 bits per heavy atom. The van der Waals surface area contributed by atoms with E-state index in [1.807, 2.05) is 47.3 Å². The number of rotatable bonds is 3. The first-order valence-corrected chi connectivity index (χ1v) is 11.0. The lowest BCUT2D eigenvalue weighted by Gasteiger charge is -2.29. The van der Waals surface area contributed by atoms with Crippen molar-refractivity contribution in [3.63, 3.8) is 0 Å². The van der Waals surface area contributed by atoms with Gasteiger partial charge >= 0.3 is 0 Å². The molecule has 0 radical (unpaired) electrons. The molecule has 0 spiro atoms. The second kappa shape index (κ2) is 7.71. The molecule has 1 saturated heterocycles. The van der Waals surface area contributed by atoms with Crippen LogP contribution in [0, 0.1) is 5.82 Å². The van der Waals surface area contributed by atoms with Crippen LogP contribution in [-0.4, -0.2) is 32.4 Å². The van der Waals surface area contributed by atoms with E-state index in [-0.39, 0.29) is 5.82 Å². The average Bonchev–Trinajstić information content (AvgIpc) is 3.28. The summed E-state index contributed by atoms with van der Waals surface area (Å²) in [6.45, 7) is 1.88. The van der Waals surface area contributed by atoms with E-state index in [0.29, 0.717) is 0 Å². The largest absolute Gasteiger partial charge is 0.370 e. The van der Waals surface area contributed by atoms with Crippen LogP contribution in [0.3, 0.4) is 0 Å². The molecule has 0 aliphatic carbocycles. The molecule has 0 N–H and O–H groups in total. The minimum absolute atomic E-state index is 0.217. The number of halogens is 1. The second-order valence-electron chi connectivity index (χ2n) is 8.27. The average molecular weight is 423 g/mol. The molecule has 0 unspecified atom stereocenters. The third kappa shape index (κ3) is 3.28. The smallest absolute Gasteiger partial charge is 0.137 e. The van der Waals surface area contributed by atoms with Crippen molar-refractivity contribution in [3.8, 4) is 22.5 Å². The van der Waals surface area contributed by atoms with Gasteiger partial charge in [-0.3, -0.25) is 9.38 Å². The lowest BCUT2D eigenvalue weighted by Crippen LogP contribution is -2.29. The Balaban J connectivity index is 1.46. The summed E-state index contributed by atoms with van der Waals surface area (Å²) in [4.78, 5) is 16.1. The lowest BCUT2D eigenvalue weighted by molar-refractivity contribution is 0.575. The van der Waals surface area contributed by atoms with Gasteiger partial charge in [-0.05, 0) is 61.2 Å². The number of pyridine rings is 3. The van der Waals surface area contributed by atoms with Crippen LogP contribution in [0.15, 0.2) is 73.3 Å². The van der Waals surface area contributed by atoms with Crippen molar-refractivity contribution in [3.05, 3.63) is 79.1 Å². The molecule has 0 bridgehead atoms. The Morgan fingerprint density at radius 3 is 2.62 bits per heavy atom. The number of benzene rings is 1. The molecule has 5 aromatic rings. The molecule has 1 aliphatic rings. The van der Waals surface area contributed by atoms with E-state index in [4.69, 9.17) is 4.98 Å². The summed E-state index contributed by atoms with van der Waals surface area (Å²) in [5, 5.41) is 0.821. The Labute approximate surface area is 185 Å². The van der Waals surface area contributed by atoms with Crippen molar-refractivity contribution >= 4 is 22.2 Å². The van der Waals surface area contributed by atoms with Crippen molar-refractivity contribution in [1.29, 1.82) is 0 Å². The van der Waals surface area contributed by atoms with Gasteiger partial charge in [0.25, 0.3) is 0 Å². The van der Waals surface area contributed by atoms with Crippen LogP contribution in [-0.2, 0) is 0 Å². The van der Waals surface area contributed by atoms with Crippen LogP contribution in [0.25, 0.3) is 39.1 Å². The summed E-state index contributed by atoms with van der Waals surface area (Å²) in [7, 11) is 0. The number of imidazole rings is 1. The highest BCUT2D eigenvalue weighted by atomic mass is 19.1. The fourth-order valence-electron chi connectivity index (χ4n) is 4.58. The van der Waals surface area contributed by atoms with Crippen LogP contribution in [0.5, 0.6) is 0 Å². The zero-order chi connectivity index (χ0) is 21.5. The molecule has 0 atom stereocenters. The van der Waals surface area contributed by atoms with E-state index in [1.54, 1.807) is 18.3 Å². The van der Waals surface area contributed by atoms with Crippen LogP contribution in [0.2, 0.25) is 0 Å². The van der Waals surface area contributed by atoms with Crippen molar-refractivity contribution < 1.29 is 4.39 Å². The molecule has 1 aromatic carbocycles. The van der Waals surface area contributed by atoms with Crippen molar-refractivity contribution in [1.82, 2.24) is 19.4 Å². The van der Waals surface area contributed by atoms with E-state index < -0.39 is 0 Å². The molecule has 5 heterocycles. The summed E-state index contributed by atoms with van der Waals surface area (Å²) in [6, 6.07) is 15.2. The van der Waals surface area contributed by atoms with E-state index in [9.17, 15) is 4.39 Å². The van der Waals surface area contributed by atoms with Gasteiger partial charge in [-0.1, -0.05) is 12.1 Å². The Morgan fingerprint density at radius 1 is 0.875 bits per heavy atom. The van der Waals surface area contributed by atoms with E-state index in [1.165, 1.54) is 6.42 Å². The first-order chi connectivity index (χ1) is 15.8. The molecule has 0 saturated carbocycles. The monoisotopic (exact) mass is 423 g/mol. The third-order valence-corrected chi connectivity index (χ3v) is 6.20. The quantitative estimate of drug-likeness (QED) is 0.371. The molecular weight excluding hydrogens is 401 g/mol. The summed E-state index contributed by atoms with van der Waals surface area (Å²) < 4.78 is 16.4. The van der Waals surface area contributed by atoms with E-state index in [2.05, 4.69) is 27.0 Å². The minimum Gasteiger partial charge on any atom is -0.370 e. The van der Waals surface area contributed by atoms with E-state index in [0.717, 1.165) is 70.7 Å². The number of fused-ring (bicyclic) bond motifs is 2. The van der Waals surface area contributed by atoms with Gasteiger partial charge < -0.3 is 4.90 Å². The summed E-state index contributed by atoms with van der Waals surface area (Å²) >= 11 is 0. The summed E-state index contributed by atoms with van der Waals surface area (Å²) in [6.07, 6.45) is 11.0. The Hall–Kier alpha value is -3.80. The van der Waals surface area contributed by atoms with Gasteiger partial charge in [0.15, 0.2) is 0 Å². The molecule has 1 fully saturated rings. The fraction of sp³-hybridized carbons (Fsp3) is 0.192. The predicted octanol–water partition coefficient (Wildman–Crippen LogP) is 5.74. The van der Waals surface area contributed by atoms with Crippen molar-refractivity contribution in [2.75, 3.05) is 18.0 Å². The molecule has 6 heteroatoms. The van der Waals surface area contributed by atoms with Gasteiger partial charge in [0.2, 0.25) is 0 Å². The lowest BCUT2D eigenvalue weighted by atomic mass is 10.1. The third-order valence-electron chi connectivity index (χ3n) is 6.20. The van der Waals surface area contributed by atoms with Gasteiger partial charge in [-0.15, -0.1) is 0 Å². The first kappa shape index (κ1) is 18.9. The van der Waals surface area contributed by atoms with E-state index >= 15 is 0 Å². The SMILES string of the molecule is Fc1cc(N2CCCCC2)c2nc(-c3cnc4cc(-c5cccnc5)ccn34)ccc2c1. The molecular formula is C26H22FN5. The number of piperidine rings is 1. The number of hydrogen-bond acceptors (Lipinski definition) is 4. The van der Waals surface area contributed by atoms with Gasteiger partial charge in [-0.25, -0.2) is 14.4 Å². The molecule has 1 aliphatic heterocycles. The fourth-order valence-corrected chi connectivity index (χ4v) is 4.58. The Kier molecular flexibility index (Phi) is 4.56. The highest BCUT2D eigenvalue weighted by molar-refractivity contribution is 5.92. The normalized spacial score (nSPS) is 14.3. The highest BCUT2D eigenvalue weighted by Gasteiger charge is 2.17. The minimum atomic E-state index is -0.217. The maximum atomic E-state index is 14.3. The molecule has 0 amide bonds. The molecule has 6 rings (SSSR count). The summed E-state index contributed by atoms with van der Waals surface area (Å²) in [5.41, 5.74) is 6.42. The van der Waals surface area contributed by atoms with Crippen LogP contribution in [0.4, 0.5) is 10.1 Å². The molecule has 5 nitrogen and oxygen atoms in total. The second-order valence-corrected chi connectivity index (χ2v) is 8.27. The molecule has 158 valence electrons. The standard InChI is InChI=1S/C26H22FN5/c27-21-13-19-6-7-22(30-26(19)23(15-21)31-10-2-1-3-11-31)24-17-29-25-14-18(8-12-32(24)25)20-5-4-9-28-16-20/h4-9,12-17H,1-3,10-11H2. The highest BCUT2D eigenvalue weighted by Crippen LogP contribution is 2.32. The van der Waals surface area contributed by atoms with Crippen LogP contribution < -0.4 is 4.90 Å². The number of anilines is 1. The number of hydrogen-bond donors (Lipinski definition) is 0. The predicted molar refractivity (Wildman–Crippen MR) is 125 cm³/mol. The molecule has 32 heavy (non-hydrogen) atoms. The zero-order valence-corrected chi connectivity index (χ0v) is 17.6. The zero-order valence-electron chi connectivity index (χ0n) is 17.6. The van der Waals surface area contributed by atoms with Gasteiger partial charge in [0.1, 0.15) is 11.5 Å². The number of aromatic nitrogens is 4. The van der Waals surface area contributed by atoms with Gasteiger partial charge in [0, 0.05) is 42.6 Å². The van der Waals surface area contributed by atoms with Gasteiger partial charge in [-0.2, -0.15) is 0 Å².